The van der Waals surface area contributed by atoms with E-state index in [1.54, 1.807) is 31.2 Å². The summed E-state index contributed by atoms with van der Waals surface area (Å²) in [5.41, 5.74) is 3.32. The Balaban J connectivity index is 1.72. The summed E-state index contributed by atoms with van der Waals surface area (Å²) in [5, 5.41) is 9.25. The lowest BCUT2D eigenvalue weighted by atomic mass is 10.1. The molecule has 4 rings (SSSR count). The molecule has 2 aromatic carbocycles. The minimum absolute atomic E-state index is 0.396. The first-order valence-corrected chi connectivity index (χ1v) is 8.29. The van der Waals surface area contributed by atoms with Crippen LogP contribution in [0.25, 0.3) is 0 Å². The Morgan fingerprint density at radius 1 is 0.923 bits per heavy atom. The number of rotatable bonds is 2. The van der Waals surface area contributed by atoms with Crippen LogP contribution in [0.15, 0.2) is 46.7 Å². The number of anilines is 2. The fraction of sp³-hybridized carbons (Fsp3) is 0.263. The van der Waals surface area contributed by atoms with E-state index >= 15 is 0 Å². The van der Waals surface area contributed by atoms with Crippen LogP contribution in [0.3, 0.4) is 0 Å². The molecule has 2 amide bonds. The van der Waals surface area contributed by atoms with Gasteiger partial charge in [0.05, 0.1) is 11.4 Å². The first-order valence-electron chi connectivity index (χ1n) is 8.29. The number of aryl methyl sites for hydroxylation is 3. The number of hydrogen-bond acceptors (Lipinski definition) is 5. The highest BCUT2D eigenvalue weighted by atomic mass is 19.1. The van der Waals surface area contributed by atoms with E-state index in [1.807, 2.05) is 19.9 Å². The lowest BCUT2D eigenvalue weighted by Crippen LogP contribution is -2.40. The van der Waals surface area contributed by atoms with Crippen LogP contribution in [0, 0.1) is 26.6 Å². The molecule has 6 nitrogen and oxygen atoms in total. The van der Waals surface area contributed by atoms with E-state index in [2.05, 4.69) is 10.3 Å². The van der Waals surface area contributed by atoms with Gasteiger partial charge in [0, 0.05) is 0 Å². The van der Waals surface area contributed by atoms with Gasteiger partial charge in [0.2, 0.25) is 0 Å². The molecule has 2 aliphatic heterocycles. The summed E-state index contributed by atoms with van der Waals surface area (Å²) in [4.78, 5) is 26.9. The van der Waals surface area contributed by atoms with Gasteiger partial charge >= 0.3 is 0 Å². The van der Waals surface area contributed by atoms with Gasteiger partial charge in [-0.05, 0) is 61.7 Å². The molecule has 132 valence electrons. The molecule has 0 saturated carbocycles. The summed E-state index contributed by atoms with van der Waals surface area (Å²) < 4.78 is 13.9. The maximum Gasteiger partial charge on any atom is 0.263 e. The van der Waals surface area contributed by atoms with E-state index in [0.29, 0.717) is 16.9 Å². The second-order valence-electron chi connectivity index (χ2n) is 6.73. The third kappa shape index (κ3) is 2.39. The van der Waals surface area contributed by atoms with Gasteiger partial charge in [-0.3, -0.25) is 9.59 Å². The van der Waals surface area contributed by atoms with Crippen LogP contribution in [0.5, 0.6) is 0 Å². The number of hydrogen-bond donors (Lipinski definition) is 0. The molecule has 0 unspecified atom stereocenters. The quantitative estimate of drug-likeness (QED) is 0.780. The monoisotopic (exact) mass is 352 g/mol. The average molecular weight is 352 g/mol. The van der Waals surface area contributed by atoms with E-state index in [4.69, 9.17) is 0 Å². The Bertz CT molecular complexity index is 952. The number of carbonyl (C=O) groups is 2. The summed E-state index contributed by atoms with van der Waals surface area (Å²) >= 11 is 0. The first kappa shape index (κ1) is 16.4. The van der Waals surface area contributed by atoms with Crippen LogP contribution >= 0.6 is 0 Å². The van der Waals surface area contributed by atoms with E-state index < -0.39 is 29.7 Å². The normalized spacial score (nSPS) is 21.7. The molecule has 2 aliphatic rings. The fourth-order valence-electron chi connectivity index (χ4n) is 3.43. The van der Waals surface area contributed by atoms with Crippen LogP contribution in [0.1, 0.15) is 16.7 Å². The molecule has 0 bridgehead atoms. The summed E-state index contributed by atoms with van der Waals surface area (Å²) in [6.07, 6.45) is 0. The molecule has 0 aromatic heterocycles. The zero-order chi connectivity index (χ0) is 18.6. The zero-order valence-corrected chi connectivity index (χ0v) is 14.6. The molecular formula is C19H17FN4O2. The van der Waals surface area contributed by atoms with E-state index in [0.717, 1.165) is 16.0 Å². The zero-order valence-electron chi connectivity index (χ0n) is 14.6. The third-order valence-electron chi connectivity index (χ3n) is 4.67. The third-order valence-corrected chi connectivity index (χ3v) is 4.67. The summed E-state index contributed by atoms with van der Waals surface area (Å²) in [6.45, 7) is 5.46. The molecular weight excluding hydrogens is 335 g/mol. The Morgan fingerprint density at radius 2 is 1.62 bits per heavy atom. The van der Waals surface area contributed by atoms with Crippen LogP contribution < -0.4 is 9.91 Å². The van der Waals surface area contributed by atoms with E-state index in [9.17, 15) is 14.0 Å². The van der Waals surface area contributed by atoms with Crippen LogP contribution in [0.2, 0.25) is 0 Å². The predicted octanol–water partition coefficient (Wildman–Crippen LogP) is 3.25. The van der Waals surface area contributed by atoms with Gasteiger partial charge in [0.15, 0.2) is 12.1 Å². The number of fused-ring (bicyclic) bond motifs is 1. The maximum atomic E-state index is 13.9. The Kier molecular flexibility index (Phi) is 3.61. The van der Waals surface area contributed by atoms with Gasteiger partial charge in [0.25, 0.3) is 11.8 Å². The number of halogens is 1. The Morgan fingerprint density at radius 3 is 2.27 bits per heavy atom. The van der Waals surface area contributed by atoms with Gasteiger partial charge in [-0.2, -0.15) is 5.11 Å². The van der Waals surface area contributed by atoms with Gasteiger partial charge < -0.3 is 0 Å². The van der Waals surface area contributed by atoms with Crippen molar-refractivity contribution in [3.05, 3.63) is 58.9 Å². The van der Waals surface area contributed by atoms with E-state index in [1.165, 1.54) is 11.1 Å². The molecule has 1 saturated heterocycles. The molecule has 1 fully saturated rings. The van der Waals surface area contributed by atoms with Crippen molar-refractivity contribution in [3.8, 4) is 0 Å². The number of nitrogens with zero attached hydrogens (tertiary/aromatic N) is 4. The second-order valence-corrected chi connectivity index (χ2v) is 6.73. The molecule has 0 N–H and O–H groups in total. The summed E-state index contributed by atoms with van der Waals surface area (Å²) in [7, 11) is 0. The van der Waals surface area contributed by atoms with Crippen LogP contribution in [-0.4, -0.2) is 23.9 Å². The summed E-state index contributed by atoms with van der Waals surface area (Å²) in [5.74, 6) is -1.22. The van der Waals surface area contributed by atoms with Gasteiger partial charge in [0.1, 0.15) is 5.82 Å². The Labute approximate surface area is 149 Å². The van der Waals surface area contributed by atoms with Crippen LogP contribution in [-0.2, 0) is 9.59 Å². The smallest absolute Gasteiger partial charge is 0.263 e. The van der Waals surface area contributed by atoms with Crippen molar-refractivity contribution in [2.24, 2.45) is 10.3 Å². The highest BCUT2D eigenvalue weighted by Crippen LogP contribution is 2.35. The lowest BCUT2D eigenvalue weighted by molar-refractivity contribution is -0.121. The molecule has 2 atom stereocenters. The second kappa shape index (κ2) is 5.72. The lowest BCUT2D eigenvalue weighted by Gasteiger charge is -2.21. The van der Waals surface area contributed by atoms with Crippen molar-refractivity contribution < 1.29 is 14.0 Å². The highest BCUT2D eigenvalue weighted by molar-refractivity contribution is 6.26. The minimum Gasteiger partial charge on any atom is -0.271 e. The van der Waals surface area contributed by atoms with Crippen molar-refractivity contribution in [2.45, 2.75) is 32.9 Å². The van der Waals surface area contributed by atoms with E-state index in [-0.39, 0.29) is 0 Å². The topological polar surface area (TPSA) is 65.3 Å². The van der Waals surface area contributed by atoms with Crippen molar-refractivity contribution in [2.75, 3.05) is 9.91 Å². The molecule has 26 heavy (non-hydrogen) atoms. The summed E-state index contributed by atoms with van der Waals surface area (Å²) in [6, 6.07) is 8.32. The largest absolute Gasteiger partial charge is 0.271 e. The van der Waals surface area contributed by atoms with Gasteiger partial charge in [-0.25, -0.2) is 14.3 Å². The Hall–Kier alpha value is -3.09. The average Bonchev–Trinajstić information content (AvgIpc) is 3.10. The minimum atomic E-state index is -0.910. The van der Waals surface area contributed by atoms with Crippen molar-refractivity contribution in [1.29, 1.82) is 0 Å². The van der Waals surface area contributed by atoms with Gasteiger partial charge in [-0.1, -0.05) is 17.4 Å². The molecule has 0 radical (unpaired) electrons. The SMILES string of the molecule is Cc1cc(C)cc(N2C(=O)[C@H]3N=NN(c4ccc(C)c(F)c4)[C@@H]3C2=O)c1. The first-order chi connectivity index (χ1) is 12.4. The molecule has 0 spiro atoms. The van der Waals surface area contributed by atoms with Crippen LogP contribution in [0.4, 0.5) is 15.8 Å². The van der Waals surface area contributed by atoms with Gasteiger partial charge in [-0.15, -0.1) is 0 Å². The fourth-order valence-corrected chi connectivity index (χ4v) is 3.43. The maximum absolute atomic E-state index is 13.9. The van der Waals surface area contributed by atoms with Crippen molar-refractivity contribution >= 4 is 23.2 Å². The predicted molar refractivity (Wildman–Crippen MR) is 94.5 cm³/mol. The highest BCUT2D eigenvalue weighted by Gasteiger charge is 2.55. The molecule has 7 heteroatoms. The number of benzene rings is 2. The standard InChI is InChI=1S/C19H17FN4O2/c1-10-6-11(2)8-14(7-10)23-18(25)16-17(19(23)26)24(22-21-16)13-5-4-12(3)15(20)9-13/h4-9,16-17H,1-3H3/t16-,17-/m0/s1. The number of carbonyl (C=O) groups excluding carboxylic acids is 2. The van der Waals surface area contributed by atoms with Crippen molar-refractivity contribution in [1.82, 2.24) is 0 Å². The molecule has 2 aromatic rings. The van der Waals surface area contributed by atoms with Crippen molar-refractivity contribution in [3.63, 3.8) is 0 Å². The molecule has 2 heterocycles. The number of amides is 2. The molecule has 0 aliphatic carbocycles. The number of imide groups is 1.